The van der Waals surface area contributed by atoms with Crippen LogP contribution in [0.3, 0.4) is 0 Å². The molecule has 7 rings (SSSR count). The largest absolute Gasteiger partial charge is 0.345 e. The zero-order valence-corrected chi connectivity index (χ0v) is 25.0. The van der Waals surface area contributed by atoms with E-state index in [1.165, 1.54) is 21.9 Å². The number of hydrogen-bond donors (Lipinski definition) is 0. The van der Waals surface area contributed by atoms with Gasteiger partial charge in [0.1, 0.15) is 0 Å². The standard InChI is InChI=1S/C40H31ClN2/c1-42(30-12-5-3-6-13-30)32-24-20-28(21-25-32)38-34-16-9-10-17-35(34)39(40-36(38)18-11-19-37(40)41)29-22-26-33(27-23-29)43(2)31-14-7-4-8-15-31/h3-27H,1-2H3. The zero-order valence-electron chi connectivity index (χ0n) is 24.2. The molecule has 7 aromatic rings. The third-order valence-corrected chi connectivity index (χ3v) is 8.69. The monoisotopic (exact) mass is 574 g/mol. The van der Waals surface area contributed by atoms with Gasteiger partial charge in [0, 0.05) is 47.3 Å². The number of hydrogen-bond acceptors (Lipinski definition) is 2. The molecule has 0 spiro atoms. The van der Waals surface area contributed by atoms with Gasteiger partial charge in [-0.3, -0.25) is 0 Å². The fourth-order valence-electron chi connectivity index (χ4n) is 6.10. The number of fused-ring (bicyclic) bond motifs is 2. The van der Waals surface area contributed by atoms with Crippen LogP contribution in [0.4, 0.5) is 22.7 Å². The predicted molar refractivity (Wildman–Crippen MR) is 186 cm³/mol. The van der Waals surface area contributed by atoms with Crippen molar-refractivity contribution in [2.75, 3.05) is 23.9 Å². The number of para-hydroxylation sites is 2. The molecule has 3 heteroatoms. The fraction of sp³-hybridized carbons (Fsp3) is 0.0500. The lowest BCUT2D eigenvalue weighted by Gasteiger charge is -2.22. The van der Waals surface area contributed by atoms with Gasteiger partial charge in [-0.25, -0.2) is 0 Å². The van der Waals surface area contributed by atoms with Crippen LogP contribution in [0.2, 0.25) is 5.02 Å². The smallest absolute Gasteiger partial charge is 0.0491 e. The summed E-state index contributed by atoms with van der Waals surface area (Å²) in [6, 6.07) is 53.5. The van der Waals surface area contributed by atoms with Crippen LogP contribution in [0, 0.1) is 0 Å². The first kappa shape index (κ1) is 26.8. The Bertz CT molecular complexity index is 2030. The van der Waals surface area contributed by atoms with Gasteiger partial charge in [0.2, 0.25) is 0 Å². The second-order valence-electron chi connectivity index (χ2n) is 10.8. The molecule has 0 fully saturated rings. The van der Waals surface area contributed by atoms with E-state index in [0.717, 1.165) is 49.7 Å². The summed E-state index contributed by atoms with van der Waals surface area (Å²) >= 11 is 7.05. The van der Waals surface area contributed by atoms with E-state index in [1.807, 2.05) is 18.2 Å². The lowest BCUT2D eigenvalue weighted by atomic mass is 9.86. The van der Waals surface area contributed by atoms with Crippen molar-refractivity contribution in [1.82, 2.24) is 0 Å². The molecule has 0 aliphatic heterocycles. The third kappa shape index (κ3) is 4.90. The van der Waals surface area contributed by atoms with E-state index >= 15 is 0 Å². The lowest BCUT2D eigenvalue weighted by molar-refractivity contribution is 1.21. The van der Waals surface area contributed by atoms with Gasteiger partial charge in [0.05, 0.1) is 0 Å². The van der Waals surface area contributed by atoms with Crippen molar-refractivity contribution < 1.29 is 0 Å². The number of nitrogens with zero attached hydrogens (tertiary/aromatic N) is 2. The van der Waals surface area contributed by atoms with Crippen molar-refractivity contribution in [3.63, 3.8) is 0 Å². The average Bonchev–Trinajstić information content (AvgIpc) is 3.08. The molecule has 7 aromatic carbocycles. The number of halogens is 1. The van der Waals surface area contributed by atoms with Gasteiger partial charge in [-0.2, -0.15) is 0 Å². The van der Waals surface area contributed by atoms with Crippen LogP contribution < -0.4 is 9.80 Å². The van der Waals surface area contributed by atoms with E-state index in [9.17, 15) is 0 Å². The predicted octanol–water partition coefficient (Wildman–Crippen LogP) is 11.5. The SMILES string of the molecule is CN(c1ccccc1)c1ccc(-c2c3ccccc3c(-c3ccc(N(C)c4ccccc4)cc3)c3c(Cl)cccc23)cc1. The molecule has 2 nitrogen and oxygen atoms in total. The molecule has 0 aromatic heterocycles. The topological polar surface area (TPSA) is 6.48 Å². The Labute approximate surface area is 258 Å². The molecule has 0 aliphatic rings. The van der Waals surface area contributed by atoms with E-state index in [-0.39, 0.29) is 0 Å². The Morgan fingerprint density at radius 2 is 0.767 bits per heavy atom. The molecule has 0 radical (unpaired) electrons. The highest BCUT2D eigenvalue weighted by Crippen LogP contribution is 2.46. The Kier molecular flexibility index (Phi) is 7.06. The van der Waals surface area contributed by atoms with Crippen molar-refractivity contribution in [2.45, 2.75) is 0 Å². The minimum Gasteiger partial charge on any atom is -0.345 e. The first-order valence-electron chi connectivity index (χ1n) is 14.5. The fourth-order valence-corrected chi connectivity index (χ4v) is 6.37. The molecule has 0 saturated carbocycles. The molecule has 0 heterocycles. The number of rotatable bonds is 6. The summed E-state index contributed by atoms with van der Waals surface area (Å²) in [4.78, 5) is 4.41. The van der Waals surface area contributed by atoms with E-state index in [1.54, 1.807) is 0 Å². The molecular formula is C40H31ClN2. The molecule has 208 valence electrons. The summed E-state index contributed by atoms with van der Waals surface area (Å²) in [6.07, 6.45) is 0. The number of anilines is 4. The summed E-state index contributed by atoms with van der Waals surface area (Å²) in [5, 5.41) is 5.38. The molecule has 0 aliphatic carbocycles. The highest BCUT2D eigenvalue weighted by atomic mass is 35.5. The lowest BCUT2D eigenvalue weighted by Crippen LogP contribution is -2.08. The zero-order chi connectivity index (χ0) is 29.3. The van der Waals surface area contributed by atoms with Crippen molar-refractivity contribution in [3.8, 4) is 22.3 Å². The summed E-state index contributed by atoms with van der Waals surface area (Å²) in [5.74, 6) is 0. The Balaban J connectivity index is 1.37. The molecule has 43 heavy (non-hydrogen) atoms. The van der Waals surface area contributed by atoms with Gasteiger partial charge >= 0.3 is 0 Å². The van der Waals surface area contributed by atoms with Crippen LogP contribution in [0.15, 0.2) is 152 Å². The summed E-state index contributed by atoms with van der Waals surface area (Å²) in [5.41, 5.74) is 9.25. The Morgan fingerprint density at radius 3 is 1.28 bits per heavy atom. The van der Waals surface area contributed by atoms with Crippen molar-refractivity contribution in [2.24, 2.45) is 0 Å². The van der Waals surface area contributed by atoms with Gasteiger partial charge in [0.15, 0.2) is 0 Å². The average molecular weight is 575 g/mol. The highest BCUT2D eigenvalue weighted by Gasteiger charge is 2.19. The van der Waals surface area contributed by atoms with Gasteiger partial charge in [-0.05, 0) is 93.0 Å². The molecule has 0 bridgehead atoms. The molecule has 0 amide bonds. The first-order chi connectivity index (χ1) is 21.1. The van der Waals surface area contributed by atoms with Crippen LogP contribution in [-0.2, 0) is 0 Å². The van der Waals surface area contributed by atoms with Crippen molar-refractivity contribution in [3.05, 3.63) is 157 Å². The normalized spacial score (nSPS) is 11.1. The molecule has 0 unspecified atom stereocenters. The summed E-state index contributed by atoms with van der Waals surface area (Å²) < 4.78 is 0. The van der Waals surface area contributed by atoms with E-state index < -0.39 is 0 Å². The van der Waals surface area contributed by atoms with Crippen LogP contribution in [-0.4, -0.2) is 14.1 Å². The van der Waals surface area contributed by atoms with E-state index in [4.69, 9.17) is 11.6 Å². The second-order valence-corrected chi connectivity index (χ2v) is 11.2. The maximum absolute atomic E-state index is 7.05. The van der Waals surface area contributed by atoms with Crippen molar-refractivity contribution >= 4 is 55.9 Å². The van der Waals surface area contributed by atoms with E-state index in [2.05, 4.69) is 157 Å². The van der Waals surface area contributed by atoms with Crippen LogP contribution in [0.25, 0.3) is 43.8 Å². The quantitative estimate of drug-likeness (QED) is 0.182. The highest BCUT2D eigenvalue weighted by molar-refractivity contribution is 6.39. The maximum Gasteiger partial charge on any atom is 0.0491 e. The first-order valence-corrected chi connectivity index (χ1v) is 14.9. The van der Waals surface area contributed by atoms with Gasteiger partial charge in [-0.1, -0.05) is 109 Å². The van der Waals surface area contributed by atoms with Gasteiger partial charge in [0.25, 0.3) is 0 Å². The molecule has 0 atom stereocenters. The van der Waals surface area contributed by atoms with Crippen LogP contribution in [0.5, 0.6) is 0 Å². The third-order valence-electron chi connectivity index (χ3n) is 8.37. The summed E-state index contributed by atoms with van der Waals surface area (Å²) in [6.45, 7) is 0. The Morgan fingerprint density at radius 1 is 0.372 bits per heavy atom. The van der Waals surface area contributed by atoms with Gasteiger partial charge < -0.3 is 9.80 Å². The Hall–Kier alpha value is -5.05. The minimum absolute atomic E-state index is 0.755. The molecule has 0 saturated heterocycles. The molecule has 0 N–H and O–H groups in total. The van der Waals surface area contributed by atoms with E-state index in [0.29, 0.717) is 0 Å². The number of benzene rings is 7. The second kappa shape index (κ2) is 11.3. The van der Waals surface area contributed by atoms with Crippen molar-refractivity contribution in [1.29, 1.82) is 0 Å². The van der Waals surface area contributed by atoms with Gasteiger partial charge in [-0.15, -0.1) is 0 Å². The summed E-state index contributed by atoms with van der Waals surface area (Å²) in [7, 11) is 4.20. The van der Waals surface area contributed by atoms with Crippen LogP contribution in [0.1, 0.15) is 0 Å². The minimum atomic E-state index is 0.755. The molecular weight excluding hydrogens is 544 g/mol. The maximum atomic E-state index is 7.05. The van der Waals surface area contributed by atoms with Crippen LogP contribution >= 0.6 is 11.6 Å².